The molecule has 1 heterocycles. The maximum absolute atomic E-state index is 12.5. The number of benzene rings is 2. The Hall–Kier alpha value is -1.80. The van der Waals surface area contributed by atoms with Gasteiger partial charge in [-0.1, -0.05) is 35.9 Å². The van der Waals surface area contributed by atoms with Crippen LogP contribution >= 0.6 is 11.6 Å². The molecule has 0 saturated carbocycles. The average molecular weight is 258 g/mol. The van der Waals surface area contributed by atoms with Crippen LogP contribution in [0.1, 0.15) is 21.5 Å². The molecule has 2 aromatic rings. The molecule has 0 unspecified atom stereocenters. The van der Waals surface area contributed by atoms with E-state index in [-0.39, 0.29) is 5.78 Å². The average Bonchev–Trinajstić information content (AvgIpc) is 2.86. The van der Waals surface area contributed by atoms with Gasteiger partial charge in [0.25, 0.3) is 0 Å². The van der Waals surface area contributed by atoms with E-state index in [1.54, 1.807) is 24.3 Å². The van der Waals surface area contributed by atoms with E-state index in [1.165, 1.54) is 5.56 Å². The van der Waals surface area contributed by atoms with Gasteiger partial charge in [-0.05, 0) is 30.2 Å². The van der Waals surface area contributed by atoms with Crippen LogP contribution < -0.4 is 5.32 Å². The summed E-state index contributed by atoms with van der Waals surface area (Å²) < 4.78 is 0. The fourth-order valence-corrected chi connectivity index (χ4v) is 2.50. The summed E-state index contributed by atoms with van der Waals surface area (Å²) in [6.45, 7) is 0.898. The van der Waals surface area contributed by atoms with E-state index in [1.807, 2.05) is 12.1 Å². The normalized spacial score (nSPS) is 12.9. The molecule has 90 valence electrons. The van der Waals surface area contributed by atoms with Crippen LogP contribution in [-0.2, 0) is 6.42 Å². The quantitative estimate of drug-likeness (QED) is 0.834. The molecular formula is C15H12ClNO. The van der Waals surface area contributed by atoms with Crippen LogP contribution in [0.4, 0.5) is 5.69 Å². The van der Waals surface area contributed by atoms with Gasteiger partial charge < -0.3 is 5.32 Å². The highest BCUT2D eigenvalue weighted by atomic mass is 35.5. The highest BCUT2D eigenvalue weighted by Gasteiger charge is 2.19. The number of hydrogen-bond acceptors (Lipinski definition) is 2. The lowest BCUT2D eigenvalue weighted by Gasteiger charge is -2.08. The van der Waals surface area contributed by atoms with E-state index >= 15 is 0 Å². The molecule has 1 N–H and O–H groups in total. The van der Waals surface area contributed by atoms with Gasteiger partial charge in [0.15, 0.2) is 5.78 Å². The van der Waals surface area contributed by atoms with Crippen LogP contribution in [0.5, 0.6) is 0 Å². The van der Waals surface area contributed by atoms with Gasteiger partial charge in [0.05, 0.1) is 0 Å². The number of nitrogens with one attached hydrogen (secondary N) is 1. The molecule has 0 fully saturated rings. The molecule has 0 aromatic heterocycles. The van der Waals surface area contributed by atoms with E-state index in [9.17, 15) is 4.79 Å². The van der Waals surface area contributed by atoms with Crippen LogP contribution in [0.2, 0.25) is 5.02 Å². The Morgan fingerprint density at radius 3 is 2.83 bits per heavy atom. The van der Waals surface area contributed by atoms with E-state index in [4.69, 9.17) is 11.6 Å². The van der Waals surface area contributed by atoms with Gasteiger partial charge >= 0.3 is 0 Å². The Labute approximate surface area is 111 Å². The minimum Gasteiger partial charge on any atom is -0.384 e. The third-order valence-corrected chi connectivity index (χ3v) is 3.41. The summed E-state index contributed by atoms with van der Waals surface area (Å²) >= 11 is 5.93. The van der Waals surface area contributed by atoms with Crippen molar-refractivity contribution >= 4 is 23.1 Å². The Bertz CT molecular complexity index is 622. The molecule has 0 radical (unpaired) electrons. The zero-order valence-corrected chi connectivity index (χ0v) is 10.5. The van der Waals surface area contributed by atoms with Gasteiger partial charge in [-0.25, -0.2) is 0 Å². The van der Waals surface area contributed by atoms with Crippen molar-refractivity contribution < 1.29 is 4.79 Å². The summed E-state index contributed by atoms with van der Waals surface area (Å²) in [6.07, 6.45) is 0.978. The van der Waals surface area contributed by atoms with Crippen molar-refractivity contribution in [2.75, 3.05) is 11.9 Å². The summed E-state index contributed by atoms with van der Waals surface area (Å²) in [5.74, 6) is 0.0174. The highest BCUT2D eigenvalue weighted by Crippen LogP contribution is 2.28. The molecule has 2 nitrogen and oxygen atoms in total. The first kappa shape index (κ1) is 11.3. The smallest absolute Gasteiger partial charge is 0.195 e. The molecule has 0 aliphatic carbocycles. The molecule has 1 aliphatic heterocycles. The summed E-state index contributed by atoms with van der Waals surface area (Å²) in [7, 11) is 0. The topological polar surface area (TPSA) is 29.1 Å². The Balaban J connectivity index is 2.06. The largest absolute Gasteiger partial charge is 0.384 e. The van der Waals surface area contributed by atoms with Gasteiger partial charge in [-0.15, -0.1) is 0 Å². The zero-order chi connectivity index (χ0) is 12.5. The Morgan fingerprint density at radius 2 is 2.00 bits per heavy atom. The molecule has 3 heteroatoms. The molecule has 3 rings (SSSR count). The number of halogens is 1. The Kier molecular flexibility index (Phi) is 2.80. The van der Waals surface area contributed by atoms with Crippen LogP contribution in [-0.4, -0.2) is 12.3 Å². The fourth-order valence-electron chi connectivity index (χ4n) is 2.31. The zero-order valence-electron chi connectivity index (χ0n) is 9.74. The van der Waals surface area contributed by atoms with Crippen molar-refractivity contribution in [3.05, 3.63) is 64.2 Å². The maximum atomic E-state index is 12.5. The molecular weight excluding hydrogens is 246 g/mol. The summed E-state index contributed by atoms with van der Waals surface area (Å²) in [5, 5.41) is 3.86. The lowest BCUT2D eigenvalue weighted by molar-refractivity contribution is 0.103. The fraction of sp³-hybridized carbons (Fsp3) is 0.133. The highest BCUT2D eigenvalue weighted by molar-refractivity contribution is 6.31. The second-order valence-electron chi connectivity index (χ2n) is 4.36. The predicted octanol–water partition coefficient (Wildman–Crippen LogP) is 3.54. The number of carbonyl (C=O) groups excluding carboxylic acids is 1. The van der Waals surface area contributed by atoms with Gasteiger partial charge in [0.2, 0.25) is 0 Å². The standard InChI is InChI=1S/C15H12ClNO/c16-12-5-1-4-11(9-12)15(18)13-6-2-3-10-7-8-17-14(10)13/h1-6,9,17H,7-8H2. The third-order valence-electron chi connectivity index (χ3n) is 3.18. The molecule has 0 amide bonds. The van der Waals surface area contributed by atoms with Crippen molar-refractivity contribution in [3.63, 3.8) is 0 Å². The number of fused-ring (bicyclic) bond motifs is 1. The van der Waals surface area contributed by atoms with Crippen LogP contribution in [0.25, 0.3) is 0 Å². The molecule has 0 bridgehead atoms. The van der Waals surface area contributed by atoms with E-state index in [2.05, 4.69) is 11.4 Å². The number of hydrogen-bond donors (Lipinski definition) is 1. The number of para-hydroxylation sites is 1. The van der Waals surface area contributed by atoms with Gasteiger partial charge in [0, 0.05) is 28.4 Å². The van der Waals surface area contributed by atoms with Crippen molar-refractivity contribution in [3.8, 4) is 0 Å². The van der Waals surface area contributed by atoms with Gasteiger partial charge in [0.1, 0.15) is 0 Å². The van der Waals surface area contributed by atoms with Crippen LogP contribution in [0.15, 0.2) is 42.5 Å². The van der Waals surface area contributed by atoms with Crippen LogP contribution in [0.3, 0.4) is 0 Å². The molecule has 18 heavy (non-hydrogen) atoms. The second-order valence-corrected chi connectivity index (χ2v) is 4.79. The number of anilines is 1. The van der Waals surface area contributed by atoms with Gasteiger partial charge in [-0.2, -0.15) is 0 Å². The minimum atomic E-state index is 0.0174. The van der Waals surface area contributed by atoms with E-state index in [0.717, 1.165) is 24.2 Å². The number of ketones is 1. The first-order chi connectivity index (χ1) is 8.75. The number of rotatable bonds is 2. The third kappa shape index (κ3) is 1.89. The summed E-state index contributed by atoms with van der Waals surface area (Å²) in [5.41, 5.74) is 3.54. The van der Waals surface area contributed by atoms with E-state index in [0.29, 0.717) is 10.6 Å². The van der Waals surface area contributed by atoms with Crippen molar-refractivity contribution in [1.82, 2.24) is 0 Å². The lowest BCUT2D eigenvalue weighted by atomic mass is 9.99. The first-order valence-corrected chi connectivity index (χ1v) is 6.29. The van der Waals surface area contributed by atoms with Crippen molar-refractivity contribution in [1.29, 1.82) is 0 Å². The van der Waals surface area contributed by atoms with E-state index < -0.39 is 0 Å². The molecule has 0 spiro atoms. The first-order valence-electron chi connectivity index (χ1n) is 5.92. The predicted molar refractivity (Wildman–Crippen MR) is 73.5 cm³/mol. The maximum Gasteiger partial charge on any atom is 0.195 e. The van der Waals surface area contributed by atoms with Gasteiger partial charge in [-0.3, -0.25) is 4.79 Å². The molecule has 0 saturated heterocycles. The molecule has 0 atom stereocenters. The van der Waals surface area contributed by atoms with Crippen molar-refractivity contribution in [2.24, 2.45) is 0 Å². The summed E-state index contributed by atoms with van der Waals surface area (Å²) in [4.78, 5) is 12.5. The number of carbonyl (C=O) groups is 1. The SMILES string of the molecule is O=C(c1cccc(Cl)c1)c1cccc2c1NCC2. The van der Waals surface area contributed by atoms with Crippen LogP contribution in [0, 0.1) is 0 Å². The lowest BCUT2D eigenvalue weighted by Crippen LogP contribution is -2.05. The summed E-state index contributed by atoms with van der Waals surface area (Å²) in [6, 6.07) is 12.9. The Morgan fingerprint density at radius 1 is 1.17 bits per heavy atom. The molecule has 2 aromatic carbocycles. The monoisotopic (exact) mass is 257 g/mol. The second kappa shape index (κ2) is 4.46. The molecule has 1 aliphatic rings. The van der Waals surface area contributed by atoms with Crippen molar-refractivity contribution in [2.45, 2.75) is 6.42 Å². The minimum absolute atomic E-state index is 0.0174.